The molecule has 2 N–H and O–H groups in total. The molecule has 0 bridgehead atoms. The highest BCUT2D eigenvalue weighted by atomic mass is 16.5. The Morgan fingerprint density at radius 2 is 1.90 bits per heavy atom. The predicted octanol–water partition coefficient (Wildman–Crippen LogP) is 3.26. The van der Waals surface area contributed by atoms with Crippen LogP contribution in [0.2, 0.25) is 0 Å². The SMILES string of the molecule is COCCCNC(=O)c1ccccc1NC(=O)c1ccc(OCC2CCCO2)cc1. The first kappa shape index (κ1) is 21.8. The number of hydrogen-bond donors (Lipinski definition) is 2. The lowest BCUT2D eigenvalue weighted by Gasteiger charge is -2.13. The van der Waals surface area contributed by atoms with Gasteiger partial charge in [-0.15, -0.1) is 0 Å². The lowest BCUT2D eigenvalue weighted by Crippen LogP contribution is -2.26. The molecule has 1 saturated heterocycles. The van der Waals surface area contributed by atoms with Gasteiger partial charge in [0.15, 0.2) is 0 Å². The Morgan fingerprint density at radius 3 is 2.63 bits per heavy atom. The van der Waals surface area contributed by atoms with E-state index in [4.69, 9.17) is 14.2 Å². The van der Waals surface area contributed by atoms with Gasteiger partial charge < -0.3 is 24.8 Å². The second-order valence-electron chi connectivity index (χ2n) is 7.07. The molecule has 1 unspecified atom stereocenters. The summed E-state index contributed by atoms with van der Waals surface area (Å²) < 4.78 is 16.3. The summed E-state index contributed by atoms with van der Waals surface area (Å²) in [7, 11) is 1.62. The molecule has 2 aromatic rings. The van der Waals surface area contributed by atoms with E-state index in [0.29, 0.717) is 42.3 Å². The Balaban J connectivity index is 1.56. The average molecular weight is 412 g/mol. The lowest BCUT2D eigenvalue weighted by molar-refractivity contribution is 0.0679. The number of benzene rings is 2. The molecule has 0 spiro atoms. The minimum absolute atomic E-state index is 0.144. The molecule has 3 rings (SSSR count). The zero-order valence-electron chi connectivity index (χ0n) is 17.2. The molecule has 0 aromatic heterocycles. The van der Waals surface area contributed by atoms with Gasteiger partial charge in [0.2, 0.25) is 0 Å². The third-order valence-electron chi connectivity index (χ3n) is 4.81. The van der Waals surface area contributed by atoms with E-state index in [-0.39, 0.29) is 17.9 Å². The van der Waals surface area contributed by atoms with Crippen molar-refractivity contribution in [2.45, 2.75) is 25.4 Å². The minimum Gasteiger partial charge on any atom is -0.491 e. The van der Waals surface area contributed by atoms with Gasteiger partial charge in [0, 0.05) is 32.4 Å². The highest BCUT2D eigenvalue weighted by Crippen LogP contribution is 2.19. The summed E-state index contributed by atoms with van der Waals surface area (Å²) in [6.45, 7) is 2.38. The standard InChI is InChI=1S/C23H28N2O5/c1-28-14-5-13-24-23(27)20-7-2-3-8-21(20)25-22(26)17-9-11-18(12-10-17)30-16-19-6-4-15-29-19/h2-3,7-12,19H,4-6,13-16H2,1H3,(H,24,27)(H,25,26). The fourth-order valence-corrected chi connectivity index (χ4v) is 3.17. The van der Waals surface area contributed by atoms with Crippen LogP contribution >= 0.6 is 0 Å². The zero-order chi connectivity index (χ0) is 21.2. The lowest BCUT2D eigenvalue weighted by atomic mass is 10.1. The molecule has 30 heavy (non-hydrogen) atoms. The van der Waals surface area contributed by atoms with Gasteiger partial charge in [-0.2, -0.15) is 0 Å². The number of ether oxygens (including phenoxy) is 3. The fourth-order valence-electron chi connectivity index (χ4n) is 3.17. The van der Waals surface area contributed by atoms with E-state index in [1.165, 1.54) is 0 Å². The van der Waals surface area contributed by atoms with Gasteiger partial charge in [0.25, 0.3) is 11.8 Å². The topological polar surface area (TPSA) is 85.9 Å². The van der Waals surface area contributed by atoms with E-state index in [1.807, 2.05) is 0 Å². The molecule has 7 nitrogen and oxygen atoms in total. The molecule has 0 radical (unpaired) electrons. The van der Waals surface area contributed by atoms with Crippen LogP contribution < -0.4 is 15.4 Å². The number of methoxy groups -OCH3 is 1. The predicted molar refractivity (Wildman–Crippen MR) is 114 cm³/mol. The largest absolute Gasteiger partial charge is 0.491 e. The van der Waals surface area contributed by atoms with Crippen LogP contribution in [0.15, 0.2) is 48.5 Å². The maximum absolute atomic E-state index is 12.6. The number of nitrogens with one attached hydrogen (secondary N) is 2. The third kappa shape index (κ3) is 6.30. The minimum atomic E-state index is -0.291. The molecule has 0 aliphatic carbocycles. The molecule has 7 heteroatoms. The molecule has 160 valence electrons. The number of carbonyl (C=O) groups is 2. The first-order valence-electron chi connectivity index (χ1n) is 10.2. The summed E-state index contributed by atoms with van der Waals surface area (Å²) >= 11 is 0. The summed E-state index contributed by atoms with van der Waals surface area (Å²) in [6.07, 6.45) is 2.95. The quantitative estimate of drug-likeness (QED) is 0.585. The smallest absolute Gasteiger partial charge is 0.255 e. The average Bonchev–Trinajstić information content (AvgIpc) is 3.29. The van der Waals surface area contributed by atoms with Gasteiger partial charge >= 0.3 is 0 Å². The Morgan fingerprint density at radius 1 is 1.10 bits per heavy atom. The fraction of sp³-hybridized carbons (Fsp3) is 0.391. The van der Waals surface area contributed by atoms with E-state index < -0.39 is 0 Å². The Hall–Kier alpha value is -2.90. The molecule has 0 saturated carbocycles. The highest BCUT2D eigenvalue weighted by molar-refractivity contribution is 6.09. The van der Waals surface area contributed by atoms with Crippen LogP contribution in [0.1, 0.15) is 40.0 Å². The highest BCUT2D eigenvalue weighted by Gasteiger charge is 2.17. The zero-order valence-corrected chi connectivity index (χ0v) is 17.2. The Labute approximate surface area is 176 Å². The summed E-state index contributed by atoms with van der Waals surface area (Å²) in [5.74, 6) is 0.165. The molecule has 2 aromatic carbocycles. The number of amides is 2. The van der Waals surface area contributed by atoms with Crippen molar-refractivity contribution in [3.05, 3.63) is 59.7 Å². The van der Waals surface area contributed by atoms with Crippen molar-refractivity contribution in [2.24, 2.45) is 0 Å². The van der Waals surface area contributed by atoms with Gasteiger partial charge in [0.05, 0.1) is 17.4 Å². The number of carbonyl (C=O) groups excluding carboxylic acids is 2. The van der Waals surface area contributed by atoms with Gasteiger partial charge in [-0.25, -0.2) is 0 Å². The second kappa shape index (κ2) is 11.3. The summed E-state index contributed by atoms with van der Waals surface area (Å²) in [6, 6.07) is 13.9. The van der Waals surface area contributed by atoms with Crippen LogP contribution in [0.5, 0.6) is 5.75 Å². The molecular formula is C23H28N2O5. The maximum Gasteiger partial charge on any atom is 0.255 e. The normalized spacial score (nSPS) is 15.6. The van der Waals surface area contributed by atoms with Gasteiger partial charge in [-0.05, 0) is 55.7 Å². The number of para-hydroxylation sites is 1. The summed E-state index contributed by atoms with van der Waals surface area (Å²) in [5, 5.41) is 5.65. The van der Waals surface area contributed by atoms with E-state index in [2.05, 4.69) is 10.6 Å². The summed E-state index contributed by atoms with van der Waals surface area (Å²) in [4.78, 5) is 25.1. The van der Waals surface area contributed by atoms with Crippen molar-refractivity contribution in [3.8, 4) is 5.75 Å². The van der Waals surface area contributed by atoms with Crippen LogP contribution in [0.4, 0.5) is 5.69 Å². The van der Waals surface area contributed by atoms with E-state index >= 15 is 0 Å². The van der Waals surface area contributed by atoms with Crippen molar-refractivity contribution in [1.82, 2.24) is 5.32 Å². The number of hydrogen-bond acceptors (Lipinski definition) is 5. The monoisotopic (exact) mass is 412 g/mol. The molecule has 1 atom stereocenters. The van der Waals surface area contributed by atoms with Crippen LogP contribution in [-0.4, -0.2) is 51.4 Å². The van der Waals surface area contributed by atoms with Gasteiger partial charge in [-0.1, -0.05) is 12.1 Å². The molecule has 1 aliphatic rings. The number of rotatable bonds is 10. The molecule has 1 aliphatic heterocycles. The Kier molecular flexibility index (Phi) is 8.23. The summed E-state index contributed by atoms with van der Waals surface area (Å²) in [5.41, 5.74) is 1.36. The van der Waals surface area contributed by atoms with Crippen LogP contribution in [0.3, 0.4) is 0 Å². The van der Waals surface area contributed by atoms with E-state index in [9.17, 15) is 9.59 Å². The van der Waals surface area contributed by atoms with Gasteiger partial charge in [-0.3, -0.25) is 9.59 Å². The number of anilines is 1. The van der Waals surface area contributed by atoms with E-state index in [0.717, 1.165) is 25.9 Å². The van der Waals surface area contributed by atoms with Crippen molar-refractivity contribution in [3.63, 3.8) is 0 Å². The Bertz CT molecular complexity index is 832. The van der Waals surface area contributed by atoms with Crippen LogP contribution in [0.25, 0.3) is 0 Å². The third-order valence-corrected chi connectivity index (χ3v) is 4.81. The van der Waals surface area contributed by atoms with Crippen LogP contribution in [-0.2, 0) is 9.47 Å². The molecule has 1 fully saturated rings. The van der Waals surface area contributed by atoms with E-state index in [1.54, 1.807) is 55.6 Å². The van der Waals surface area contributed by atoms with Crippen molar-refractivity contribution >= 4 is 17.5 Å². The molecule has 1 heterocycles. The van der Waals surface area contributed by atoms with Crippen LogP contribution in [0, 0.1) is 0 Å². The van der Waals surface area contributed by atoms with Crippen molar-refractivity contribution in [1.29, 1.82) is 0 Å². The molecule has 2 amide bonds. The molecular weight excluding hydrogens is 384 g/mol. The second-order valence-corrected chi connectivity index (χ2v) is 7.07. The first-order chi connectivity index (χ1) is 14.7. The van der Waals surface area contributed by atoms with Gasteiger partial charge in [0.1, 0.15) is 12.4 Å². The maximum atomic E-state index is 12.6. The van der Waals surface area contributed by atoms with Crippen molar-refractivity contribution in [2.75, 3.05) is 38.8 Å². The van der Waals surface area contributed by atoms with Crippen molar-refractivity contribution < 1.29 is 23.8 Å². The first-order valence-corrected chi connectivity index (χ1v) is 10.2.